The lowest BCUT2D eigenvalue weighted by Gasteiger charge is -2.13. The van der Waals surface area contributed by atoms with Gasteiger partial charge in [-0.1, -0.05) is 39.0 Å². The zero-order valence-corrected chi connectivity index (χ0v) is 11.1. The first-order chi connectivity index (χ1) is 8.48. The summed E-state index contributed by atoms with van der Waals surface area (Å²) in [4.78, 5) is 0. The Morgan fingerprint density at radius 3 is 2.06 bits per heavy atom. The summed E-state index contributed by atoms with van der Waals surface area (Å²) >= 11 is 0. The van der Waals surface area contributed by atoms with Crippen molar-refractivity contribution in [3.8, 4) is 0 Å². The Labute approximate surface area is 108 Å². The molecule has 0 saturated heterocycles. The van der Waals surface area contributed by atoms with Crippen LogP contribution in [0.5, 0.6) is 0 Å². The third kappa shape index (κ3) is 10.8. The highest BCUT2D eigenvalue weighted by atomic mass is 19.4. The van der Waals surface area contributed by atoms with Crippen LogP contribution in [0.4, 0.5) is 13.2 Å². The Bertz CT molecular complexity index is 184. The average Bonchev–Trinajstić information content (AvgIpc) is 2.30. The van der Waals surface area contributed by atoms with E-state index in [0.29, 0.717) is 6.42 Å². The van der Waals surface area contributed by atoms with E-state index in [1.54, 1.807) is 0 Å². The second-order valence-electron chi connectivity index (χ2n) is 4.58. The third-order valence-electron chi connectivity index (χ3n) is 2.74. The maximum absolute atomic E-state index is 12.0. The molecule has 1 N–H and O–H groups in total. The van der Waals surface area contributed by atoms with Crippen LogP contribution in [0, 0.1) is 0 Å². The van der Waals surface area contributed by atoms with Crippen LogP contribution in [0.2, 0.25) is 0 Å². The van der Waals surface area contributed by atoms with Gasteiger partial charge in [0.25, 0.3) is 0 Å². The molecule has 0 aromatic carbocycles. The van der Waals surface area contributed by atoms with E-state index in [1.807, 2.05) is 0 Å². The summed E-state index contributed by atoms with van der Waals surface area (Å²) in [5.41, 5.74) is 0. The third-order valence-corrected chi connectivity index (χ3v) is 2.74. The summed E-state index contributed by atoms with van der Waals surface area (Å²) in [6, 6.07) is 0. The van der Waals surface area contributed by atoms with Gasteiger partial charge in [-0.3, -0.25) is 0 Å². The molecule has 1 atom stereocenters. The van der Waals surface area contributed by atoms with Crippen molar-refractivity contribution >= 4 is 0 Å². The Kier molecular flexibility index (Phi) is 10.4. The largest absolute Gasteiger partial charge is 0.414 e. The van der Waals surface area contributed by atoms with Gasteiger partial charge in [-0.15, -0.1) is 0 Å². The van der Waals surface area contributed by atoms with Gasteiger partial charge in [0.2, 0.25) is 0 Å². The van der Waals surface area contributed by atoms with Crippen molar-refractivity contribution in [3.05, 3.63) is 0 Å². The second kappa shape index (κ2) is 10.6. The van der Waals surface area contributed by atoms with E-state index in [9.17, 15) is 13.2 Å². The number of rotatable bonds is 11. The van der Waals surface area contributed by atoms with Crippen LogP contribution in [-0.2, 0) is 4.74 Å². The summed E-state index contributed by atoms with van der Waals surface area (Å²) in [5.74, 6) is 0. The van der Waals surface area contributed by atoms with Crippen LogP contribution in [0.25, 0.3) is 0 Å². The van der Waals surface area contributed by atoms with E-state index in [1.165, 1.54) is 0 Å². The van der Waals surface area contributed by atoms with Crippen molar-refractivity contribution in [2.24, 2.45) is 0 Å². The van der Waals surface area contributed by atoms with Gasteiger partial charge in [-0.05, 0) is 19.3 Å². The van der Waals surface area contributed by atoms with Gasteiger partial charge in [0.1, 0.15) is 6.10 Å². The van der Waals surface area contributed by atoms with Crippen molar-refractivity contribution in [1.29, 1.82) is 0 Å². The van der Waals surface area contributed by atoms with Crippen LogP contribution >= 0.6 is 0 Å². The van der Waals surface area contributed by atoms with Gasteiger partial charge in [0, 0.05) is 13.2 Å². The van der Waals surface area contributed by atoms with Crippen LogP contribution < -0.4 is 0 Å². The van der Waals surface area contributed by atoms with Gasteiger partial charge < -0.3 is 9.84 Å². The molecule has 18 heavy (non-hydrogen) atoms. The monoisotopic (exact) mass is 270 g/mol. The van der Waals surface area contributed by atoms with E-state index in [2.05, 4.69) is 6.92 Å². The molecule has 1 unspecified atom stereocenters. The molecule has 0 heterocycles. The molecule has 0 aromatic rings. The van der Waals surface area contributed by atoms with E-state index in [4.69, 9.17) is 9.84 Å². The molecule has 5 heteroatoms. The maximum Gasteiger partial charge on any atom is 0.414 e. The summed E-state index contributed by atoms with van der Waals surface area (Å²) in [5, 5.41) is 8.77. The second-order valence-corrected chi connectivity index (χ2v) is 4.58. The zero-order chi connectivity index (χ0) is 13.9. The van der Waals surface area contributed by atoms with E-state index in [0.717, 1.165) is 51.7 Å². The number of hydrogen-bond donors (Lipinski definition) is 1. The topological polar surface area (TPSA) is 29.5 Å². The molecular formula is C13H25F3O2. The van der Waals surface area contributed by atoms with E-state index >= 15 is 0 Å². The predicted molar refractivity (Wildman–Crippen MR) is 65.5 cm³/mol. The number of aliphatic hydroxyl groups is 1. The fourth-order valence-corrected chi connectivity index (χ4v) is 1.66. The molecule has 0 fully saturated rings. The average molecular weight is 270 g/mol. The predicted octanol–water partition coefficient (Wildman–Crippen LogP) is 4.07. The Hall–Kier alpha value is -0.290. The lowest BCUT2D eigenvalue weighted by Crippen LogP contribution is -2.28. The van der Waals surface area contributed by atoms with Crippen molar-refractivity contribution in [3.63, 3.8) is 0 Å². The molecule has 0 spiro atoms. The first-order valence-corrected chi connectivity index (χ1v) is 6.81. The summed E-state index contributed by atoms with van der Waals surface area (Å²) in [6.07, 6.45) is -0.538. The molecule has 0 aromatic heterocycles. The SMILES string of the molecule is CCCOCCCCCCCCC(O)C(F)(F)F. The van der Waals surface area contributed by atoms with Gasteiger partial charge in [-0.2, -0.15) is 13.2 Å². The Morgan fingerprint density at radius 2 is 1.50 bits per heavy atom. The highest BCUT2D eigenvalue weighted by Crippen LogP contribution is 2.24. The number of unbranched alkanes of at least 4 members (excludes halogenated alkanes) is 5. The van der Waals surface area contributed by atoms with Crippen LogP contribution in [0.3, 0.4) is 0 Å². The molecule has 0 aliphatic rings. The summed E-state index contributed by atoms with van der Waals surface area (Å²) < 4.78 is 41.2. The first-order valence-electron chi connectivity index (χ1n) is 6.81. The van der Waals surface area contributed by atoms with Gasteiger partial charge in [0.05, 0.1) is 0 Å². The minimum absolute atomic E-state index is 0.177. The van der Waals surface area contributed by atoms with E-state index < -0.39 is 12.3 Å². The maximum atomic E-state index is 12.0. The minimum atomic E-state index is -4.46. The standard InChI is InChI=1S/C13H25F3O2/c1-2-10-18-11-8-6-4-3-5-7-9-12(17)13(14,15)16/h12,17H,2-11H2,1H3. The molecule has 0 rings (SSSR count). The smallest absolute Gasteiger partial charge is 0.384 e. The highest BCUT2D eigenvalue weighted by molar-refractivity contribution is 4.64. The van der Waals surface area contributed by atoms with E-state index in [-0.39, 0.29) is 6.42 Å². The molecule has 0 bridgehead atoms. The highest BCUT2D eigenvalue weighted by Gasteiger charge is 2.37. The molecule has 0 aliphatic carbocycles. The number of aliphatic hydroxyl groups excluding tert-OH is 1. The first kappa shape index (κ1) is 17.7. The lowest BCUT2D eigenvalue weighted by atomic mass is 10.1. The Morgan fingerprint density at radius 1 is 0.944 bits per heavy atom. The van der Waals surface area contributed by atoms with Gasteiger partial charge in [0.15, 0.2) is 0 Å². The molecule has 110 valence electrons. The molecule has 0 aliphatic heterocycles. The number of ether oxygens (including phenoxy) is 1. The van der Waals surface area contributed by atoms with Crippen molar-refractivity contribution < 1.29 is 23.0 Å². The summed E-state index contributed by atoms with van der Waals surface area (Å²) in [6.45, 7) is 3.64. The molecular weight excluding hydrogens is 245 g/mol. The molecule has 0 radical (unpaired) electrons. The number of alkyl halides is 3. The molecule has 0 saturated carbocycles. The summed E-state index contributed by atoms with van der Waals surface area (Å²) in [7, 11) is 0. The number of halogens is 3. The van der Waals surface area contributed by atoms with Crippen molar-refractivity contribution in [2.75, 3.05) is 13.2 Å². The minimum Gasteiger partial charge on any atom is -0.384 e. The van der Waals surface area contributed by atoms with Crippen molar-refractivity contribution in [2.45, 2.75) is 70.6 Å². The number of hydrogen-bond acceptors (Lipinski definition) is 2. The fourth-order valence-electron chi connectivity index (χ4n) is 1.66. The van der Waals surface area contributed by atoms with Gasteiger partial charge in [-0.25, -0.2) is 0 Å². The Balaban J connectivity index is 3.17. The lowest BCUT2D eigenvalue weighted by molar-refractivity contribution is -0.205. The quantitative estimate of drug-likeness (QED) is 0.573. The molecule has 2 nitrogen and oxygen atoms in total. The normalized spacial score (nSPS) is 13.8. The van der Waals surface area contributed by atoms with Crippen LogP contribution in [0.1, 0.15) is 58.3 Å². The molecule has 0 amide bonds. The fraction of sp³-hybridized carbons (Fsp3) is 1.00. The van der Waals surface area contributed by atoms with Crippen LogP contribution in [0.15, 0.2) is 0 Å². The van der Waals surface area contributed by atoms with Crippen LogP contribution in [-0.4, -0.2) is 30.6 Å². The van der Waals surface area contributed by atoms with Crippen molar-refractivity contribution in [1.82, 2.24) is 0 Å². The zero-order valence-electron chi connectivity index (χ0n) is 11.1. The van der Waals surface area contributed by atoms with Gasteiger partial charge >= 0.3 is 6.18 Å².